The van der Waals surface area contributed by atoms with E-state index in [1.165, 1.54) is 13.0 Å². The molecule has 0 aromatic heterocycles. The molecule has 0 fully saturated rings. The van der Waals surface area contributed by atoms with Gasteiger partial charge in [0.2, 0.25) is 11.8 Å². The highest BCUT2D eigenvalue weighted by Crippen LogP contribution is 2.24. The second-order valence-corrected chi connectivity index (χ2v) is 5.23. The van der Waals surface area contributed by atoms with Crippen molar-refractivity contribution in [2.24, 2.45) is 11.1 Å². The molecule has 0 atom stereocenters. The highest BCUT2D eigenvalue weighted by Gasteiger charge is 2.27. The number of anilines is 1. The lowest BCUT2D eigenvalue weighted by atomic mass is 9.95. The summed E-state index contributed by atoms with van der Waals surface area (Å²) in [5, 5.41) is 2.57. The molecule has 4 nitrogen and oxygen atoms in total. The van der Waals surface area contributed by atoms with Crippen LogP contribution in [0.25, 0.3) is 0 Å². The molecule has 1 aromatic rings. The molecule has 19 heavy (non-hydrogen) atoms. The van der Waals surface area contributed by atoms with Gasteiger partial charge in [0, 0.05) is 22.7 Å². The highest BCUT2D eigenvalue weighted by atomic mass is 35.5. The molecule has 6 heteroatoms. The van der Waals surface area contributed by atoms with E-state index >= 15 is 0 Å². The predicted octanol–water partition coefficient (Wildman–Crippen LogP) is 2.44. The van der Waals surface area contributed by atoms with Crippen molar-refractivity contribution in [1.29, 1.82) is 0 Å². The van der Waals surface area contributed by atoms with Gasteiger partial charge in [0.15, 0.2) is 0 Å². The van der Waals surface area contributed by atoms with Crippen LogP contribution in [0.1, 0.15) is 29.8 Å². The lowest BCUT2D eigenvalue weighted by molar-refractivity contribution is -0.122. The van der Waals surface area contributed by atoms with Crippen molar-refractivity contribution in [3.8, 4) is 0 Å². The first kappa shape index (κ1) is 15.4. The molecule has 1 rings (SSSR count). The largest absolute Gasteiger partial charge is 0.366 e. The Morgan fingerprint density at radius 1 is 1.42 bits per heavy atom. The minimum absolute atomic E-state index is 0.00193. The minimum atomic E-state index is -0.798. The molecule has 104 valence electrons. The average Bonchev–Trinajstić information content (AvgIpc) is 2.34. The monoisotopic (exact) mass is 286 g/mol. The zero-order valence-electron chi connectivity index (χ0n) is 11.0. The van der Waals surface area contributed by atoms with E-state index in [0.717, 1.165) is 6.07 Å². The van der Waals surface area contributed by atoms with Crippen molar-refractivity contribution in [2.75, 3.05) is 11.2 Å². The predicted molar refractivity (Wildman–Crippen MR) is 72.8 cm³/mol. The van der Waals surface area contributed by atoms with Crippen LogP contribution in [-0.4, -0.2) is 17.7 Å². The van der Waals surface area contributed by atoms with Gasteiger partial charge in [-0.15, -0.1) is 11.6 Å². The zero-order chi connectivity index (χ0) is 14.8. The topological polar surface area (TPSA) is 72.2 Å². The Balaban J connectivity index is 3.14. The molecule has 0 aliphatic heterocycles. The second kappa shape index (κ2) is 5.57. The van der Waals surface area contributed by atoms with Crippen molar-refractivity contribution in [3.63, 3.8) is 0 Å². The summed E-state index contributed by atoms with van der Waals surface area (Å²) in [4.78, 5) is 23.1. The van der Waals surface area contributed by atoms with E-state index in [-0.39, 0.29) is 28.6 Å². The molecule has 0 unspecified atom stereocenters. The molecule has 0 aliphatic rings. The van der Waals surface area contributed by atoms with Crippen molar-refractivity contribution >= 4 is 29.1 Å². The maximum absolute atomic E-state index is 13.6. The van der Waals surface area contributed by atoms with Crippen LogP contribution >= 0.6 is 11.6 Å². The molecular weight excluding hydrogens is 271 g/mol. The number of nitrogens with one attached hydrogen (secondary N) is 1. The van der Waals surface area contributed by atoms with Gasteiger partial charge in [-0.25, -0.2) is 4.39 Å². The summed E-state index contributed by atoms with van der Waals surface area (Å²) in [5.74, 6) is -1.59. The van der Waals surface area contributed by atoms with Crippen molar-refractivity contribution in [3.05, 3.63) is 29.1 Å². The average molecular weight is 287 g/mol. The smallest absolute Gasteiger partial charge is 0.248 e. The van der Waals surface area contributed by atoms with Crippen LogP contribution in [0.5, 0.6) is 0 Å². The van der Waals surface area contributed by atoms with Crippen LogP contribution in [0.15, 0.2) is 12.1 Å². The van der Waals surface area contributed by atoms with Gasteiger partial charge >= 0.3 is 0 Å². The first-order valence-electron chi connectivity index (χ1n) is 5.66. The first-order chi connectivity index (χ1) is 8.69. The van der Waals surface area contributed by atoms with Gasteiger partial charge in [-0.2, -0.15) is 0 Å². The number of nitrogens with two attached hydrogens (primary N) is 1. The number of amides is 2. The summed E-state index contributed by atoms with van der Waals surface area (Å²) in [6.07, 6.45) is 0. The summed E-state index contributed by atoms with van der Waals surface area (Å²) < 4.78 is 13.6. The molecule has 1 aromatic carbocycles. The number of hydrogen-bond donors (Lipinski definition) is 2. The van der Waals surface area contributed by atoms with Crippen LogP contribution in [-0.2, 0) is 4.79 Å². The standard InChI is InChI=1S/C13H16ClFN2O2/c1-7-9(15)4-8(11(16)18)5-10(7)17-12(19)13(2,3)6-14/h4-5H,6H2,1-3H3,(H2,16,18)(H,17,19). The zero-order valence-corrected chi connectivity index (χ0v) is 11.8. The lowest BCUT2D eigenvalue weighted by Gasteiger charge is -2.21. The van der Waals surface area contributed by atoms with Crippen LogP contribution in [0, 0.1) is 18.2 Å². The summed E-state index contributed by atoms with van der Waals surface area (Å²) in [7, 11) is 0. The summed E-state index contributed by atoms with van der Waals surface area (Å²) in [5.41, 5.74) is 4.77. The highest BCUT2D eigenvalue weighted by molar-refractivity contribution is 6.20. The Morgan fingerprint density at radius 3 is 2.47 bits per heavy atom. The van der Waals surface area contributed by atoms with Crippen molar-refractivity contribution in [1.82, 2.24) is 0 Å². The fourth-order valence-electron chi connectivity index (χ4n) is 1.30. The number of primary amides is 1. The number of halogens is 2. The molecule has 2 amide bonds. The molecule has 0 saturated carbocycles. The number of benzene rings is 1. The summed E-state index contributed by atoms with van der Waals surface area (Å²) >= 11 is 5.70. The molecule has 3 N–H and O–H groups in total. The first-order valence-corrected chi connectivity index (χ1v) is 6.20. The molecule has 0 radical (unpaired) electrons. The number of hydrogen-bond acceptors (Lipinski definition) is 2. The van der Waals surface area contributed by atoms with Crippen LogP contribution in [0.3, 0.4) is 0 Å². The Morgan fingerprint density at radius 2 is 2.00 bits per heavy atom. The quantitative estimate of drug-likeness (QED) is 0.835. The number of alkyl halides is 1. The third-order valence-corrected chi connectivity index (χ3v) is 3.49. The third kappa shape index (κ3) is 3.44. The Labute approximate surface area is 116 Å². The van der Waals surface area contributed by atoms with E-state index in [9.17, 15) is 14.0 Å². The third-order valence-electron chi connectivity index (χ3n) is 2.83. The molecule has 0 aliphatic carbocycles. The summed E-state index contributed by atoms with van der Waals surface area (Å²) in [6.45, 7) is 4.83. The number of carbonyl (C=O) groups is 2. The Hall–Kier alpha value is -1.62. The van der Waals surface area contributed by atoms with Crippen LogP contribution in [0.4, 0.5) is 10.1 Å². The van der Waals surface area contributed by atoms with Gasteiger partial charge in [0.25, 0.3) is 0 Å². The maximum atomic E-state index is 13.6. The number of rotatable bonds is 4. The van der Waals surface area contributed by atoms with Gasteiger partial charge < -0.3 is 11.1 Å². The van der Waals surface area contributed by atoms with Gasteiger partial charge in [0.1, 0.15) is 5.82 Å². The van der Waals surface area contributed by atoms with E-state index in [0.29, 0.717) is 0 Å². The Bertz CT molecular complexity index is 530. The van der Waals surface area contributed by atoms with Gasteiger partial charge in [-0.3, -0.25) is 9.59 Å². The van der Waals surface area contributed by atoms with Crippen LogP contribution in [0.2, 0.25) is 0 Å². The molecule has 0 heterocycles. The molecule has 0 saturated heterocycles. The fraction of sp³-hybridized carbons (Fsp3) is 0.385. The molecular formula is C13H16ClFN2O2. The minimum Gasteiger partial charge on any atom is -0.366 e. The number of carbonyl (C=O) groups excluding carboxylic acids is 2. The van der Waals surface area contributed by atoms with Crippen molar-refractivity contribution in [2.45, 2.75) is 20.8 Å². The van der Waals surface area contributed by atoms with Gasteiger partial charge in [0.05, 0.1) is 5.41 Å². The normalized spacial score (nSPS) is 11.2. The second-order valence-electron chi connectivity index (χ2n) is 4.97. The maximum Gasteiger partial charge on any atom is 0.248 e. The molecule has 0 spiro atoms. The van der Waals surface area contributed by atoms with Gasteiger partial charge in [-0.05, 0) is 32.9 Å². The van der Waals surface area contributed by atoms with Crippen LogP contribution < -0.4 is 11.1 Å². The van der Waals surface area contributed by atoms with E-state index in [4.69, 9.17) is 17.3 Å². The SMILES string of the molecule is Cc1c(F)cc(C(N)=O)cc1NC(=O)C(C)(C)CCl. The van der Waals surface area contributed by atoms with E-state index < -0.39 is 17.1 Å². The lowest BCUT2D eigenvalue weighted by Crippen LogP contribution is -2.32. The van der Waals surface area contributed by atoms with Gasteiger partial charge in [-0.1, -0.05) is 0 Å². The fourth-order valence-corrected chi connectivity index (χ4v) is 1.42. The van der Waals surface area contributed by atoms with E-state index in [2.05, 4.69) is 5.32 Å². The molecule has 0 bridgehead atoms. The Kier molecular flexibility index (Phi) is 4.52. The van der Waals surface area contributed by atoms with E-state index in [1.54, 1.807) is 13.8 Å². The van der Waals surface area contributed by atoms with Crippen molar-refractivity contribution < 1.29 is 14.0 Å². The van der Waals surface area contributed by atoms with E-state index in [1.807, 2.05) is 0 Å². The summed E-state index contributed by atoms with van der Waals surface area (Å²) in [6, 6.07) is 2.39.